The highest BCUT2D eigenvalue weighted by atomic mass is 16.5. The van der Waals surface area contributed by atoms with Crippen LogP contribution in [0.1, 0.15) is 28.4 Å². The molecule has 144 valence electrons. The number of nitrogens with one attached hydrogen (secondary N) is 1. The maximum Gasteiger partial charge on any atom is 0.325 e. The molecule has 0 radical (unpaired) electrons. The van der Waals surface area contributed by atoms with Gasteiger partial charge in [-0.25, -0.2) is 0 Å². The lowest BCUT2D eigenvalue weighted by Crippen LogP contribution is -2.30. The van der Waals surface area contributed by atoms with E-state index in [-0.39, 0.29) is 24.5 Å². The topological polar surface area (TPSA) is 85.6 Å². The highest BCUT2D eigenvalue weighted by molar-refractivity contribution is 5.96. The van der Waals surface area contributed by atoms with Crippen molar-refractivity contribution in [1.29, 1.82) is 0 Å². The summed E-state index contributed by atoms with van der Waals surface area (Å²) in [5, 5.41) is 3.05. The Balaban J connectivity index is 1.84. The van der Waals surface area contributed by atoms with Crippen molar-refractivity contribution in [2.45, 2.75) is 20.8 Å². The van der Waals surface area contributed by atoms with Gasteiger partial charge in [0.25, 0.3) is 5.91 Å². The van der Waals surface area contributed by atoms with Crippen molar-refractivity contribution < 1.29 is 18.7 Å². The summed E-state index contributed by atoms with van der Waals surface area (Å²) in [5.74, 6) is -0.440. The van der Waals surface area contributed by atoms with E-state index in [4.69, 9.17) is 9.15 Å². The monoisotopic (exact) mass is 379 g/mol. The second-order valence-electron chi connectivity index (χ2n) is 6.50. The molecular formula is C22H21NO5. The zero-order chi connectivity index (χ0) is 20.3. The molecule has 0 aliphatic heterocycles. The van der Waals surface area contributed by atoms with E-state index >= 15 is 0 Å². The fourth-order valence-electron chi connectivity index (χ4n) is 3.00. The van der Waals surface area contributed by atoms with Gasteiger partial charge in [-0.3, -0.25) is 14.4 Å². The first-order valence-electron chi connectivity index (χ1n) is 8.98. The van der Waals surface area contributed by atoms with Crippen LogP contribution in [0.3, 0.4) is 0 Å². The van der Waals surface area contributed by atoms with E-state index in [0.717, 1.165) is 11.1 Å². The van der Waals surface area contributed by atoms with Gasteiger partial charge >= 0.3 is 5.97 Å². The number of aryl methyl sites for hydroxylation is 2. The molecule has 1 aromatic heterocycles. The van der Waals surface area contributed by atoms with Gasteiger partial charge in [-0.2, -0.15) is 0 Å². The first-order chi connectivity index (χ1) is 13.4. The van der Waals surface area contributed by atoms with E-state index in [0.29, 0.717) is 27.9 Å². The molecular weight excluding hydrogens is 358 g/mol. The van der Waals surface area contributed by atoms with Crippen LogP contribution in [-0.4, -0.2) is 25.0 Å². The lowest BCUT2D eigenvalue weighted by Gasteiger charge is -2.08. The van der Waals surface area contributed by atoms with E-state index in [1.165, 1.54) is 6.07 Å². The van der Waals surface area contributed by atoms with Gasteiger partial charge in [0, 0.05) is 17.2 Å². The molecule has 0 unspecified atom stereocenters. The Kier molecular flexibility index (Phi) is 5.59. The number of ether oxygens (including phenoxy) is 1. The van der Waals surface area contributed by atoms with Gasteiger partial charge in [-0.05, 0) is 50.1 Å². The highest BCUT2D eigenvalue weighted by Gasteiger charge is 2.12. The minimum atomic E-state index is -0.490. The molecule has 28 heavy (non-hydrogen) atoms. The molecule has 1 N–H and O–H groups in total. The third-order valence-electron chi connectivity index (χ3n) is 4.29. The number of rotatable bonds is 5. The second kappa shape index (κ2) is 8.08. The fourth-order valence-corrected chi connectivity index (χ4v) is 3.00. The molecule has 1 heterocycles. The quantitative estimate of drug-likeness (QED) is 0.687. The highest BCUT2D eigenvalue weighted by Crippen LogP contribution is 2.25. The van der Waals surface area contributed by atoms with Crippen LogP contribution in [0.4, 0.5) is 0 Å². The Morgan fingerprint density at radius 1 is 1.07 bits per heavy atom. The Bertz CT molecular complexity index is 1100. The first kappa shape index (κ1) is 19.4. The number of amides is 1. The van der Waals surface area contributed by atoms with Crippen molar-refractivity contribution >= 4 is 22.8 Å². The number of carbonyl (C=O) groups excluding carboxylic acids is 2. The zero-order valence-electron chi connectivity index (χ0n) is 16.0. The van der Waals surface area contributed by atoms with Crippen molar-refractivity contribution in [1.82, 2.24) is 5.32 Å². The number of benzene rings is 2. The summed E-state index contributed by atoms with van der Waals surface area (Å²) < 4.78 is 10.7. The molecule has 0 fully saturated rings. The average molecular weight is 379 g/mol. The Morgan fingerprint density at radius 2 is 1.79 bits per heavy atom. The van der Waals surface area contributed by atoms with Gasteiger partial charge in [-0.15, -0.1) is 0 Å². The van der Waals surface area contributed by atoms with Gasteiger partial charge in [0.1, 0.15) is 17.9 Å². The van der Waals surface area contributed by atoms with Crippen LogP contribution < -0.4 is 10.7 Å². The largest absolute Gasteiger partial charge is 0.465 e. The number of fused-ring (bicyclic) bond motifs is 1. The third kappa shape index (κ3) is 4.11. The van der Waals surface area contributed by atoms with Crippen LogP contribution in [0, 0.1) is 13.8 Å². The van der Waals surface area contributed by atoms with Gasteiger partial charge in [0.15, 0.2) is 5.43 Å². The third-order valence-corrected chi connectivity index (χ3v) is 4.29. The van der Waals surface area contributed by atoms with Crippen LogP contribution in [-0.2, 0) is 9.53 Å². The average Bonchev–Trinajstić information content (AvgIpc) is 2.67. The van der Waals surface area contributed by atoms with Crippen molar-refractivity contribution in [3.05, 3.63) is 69.4 Å². The van der Waals surface area contributed by atoms with E-state index < -0.39 is 5.97 Å². The number of hydrogen-bond donors (Lipinski definition) is 1. The normalized spacial score (nSPS) is 10.7. The molecule has 6 nitrogen and oxygen atoms in total. The molecule has 3 rings (SSSR count). The molecule has 1 amide bonds. The van der Waals surface area contributed by atoms with Crippen LogP contribution in [0.15, 0.2) is 51.7 Å². The molecule has 0 saturated heterocycles. The second-order valence-corrected chi connectivity index (χ2v) is 6.50. The van der Waals surface area contributed by atoms with Crippen molar-refractivity contribution in [3.63, 3.8) is 0 Å². The van der Waals surface area contributed by atoms with E-state index in [2.05, 4.69) is 5.32 Å². The standard InChI is InChI=1S/C22H21NO5/c1-4-27-20(25)12-23-22(26)16-7-5-15(6-8-16)19-11-18(24)17-10-13(2)9-14(3)21(17)28-19/h5-11H,4,12H2,1-3H3,(H,23,26). The summed E-state index contributed by atoms with van der Waals surface area (Å²) in [5.41, 5.74) is 3.42. The summed E-state index contributed by atoms with van der Waals surface area (Å²) in [6.45, 7) is 5.61. The number of esters is 1. The SMILES string of the molecule is CCOC(=O)CNC(=O)c1ccc(-c2cc(=O)c3cc(C)cc(C)c3o2)cc1. The summed E-state index contributed by atoms with van der Waals surface area (Å²) in [4.78, 5) is 35.9. The van der Waals surface area contributed by atoms with Crippen LogP contribution >= 0.6 is 0 Å². The maximum atomic E-state index is 12.5. The van der Waals surface area contributed by atoms with E-state index in [1.807, 2.05) is 26.0 Å². The van der Waals surface area contributed by atoms with E-state index in [1.54, 1.807) is 31.2 Å². The Labute approximate surface area is 162 Å². The molecule has 0 atom stereocenters. The van der Waals surface area contributed by atoms with Crippen molar-refractivity contribution in [2.75, 3.05) is 13.2 Å². The summed E-state index contributed by atoms with van der Waals surface area (Å²) in [7, 11) is 0. The molecule has 2 aromatic carbocycles. The molecule has 0 bridgehead atoms. The Hall–Kier alpha value is -3.41. The number of carbonyl (C=O) groups is 2. The van der Waals surface area contributed by atoms with Crippen LogP contribution in [0.25, 0.3) is 22.3 Å². The van der Waals surface area contributed by atoms with Crippen molar-refractivity contribution in [2.24, 2.45) is 0 Å². The summed E-state index contributed by atoms with van der Waals surface area (Å²) in [6.07, 6.45) is 0. The minimum absolute atomic E-state index is 0.112. The summed E-state index contributed by atoms with van der Waals surface area (Å²) in [6, 6.07) is 11.9. The fraction of sp³-hybridized carbons (Fsp3) is 0.227. The lowest BCUT2D eigenvalue weighted by atomic mass is 10.1. The van der Waals surface area contributed by atoms with Crippen LogP contribution in [0.5, 0.6) is 0 Å². The summed E-state index contributed by atoms with van der Waals surface area (Å²) >= 11 is 0. The lowest BCUT2D eigenvalue weighted by molar-refractivity contribution is -0.141. The van der Waals surface area contributed by atoms with Gasteiger partial charge in [-0.1, -0.05) is 18.2 Å². The molecule has 6 heteroatoms. The molecule has 3 aromatic rings. The smallest absolute Gasteiger partial charge is 0.325 e. The van der Waals surface area contributed by atoms with Crippen LogP contribution in [0.2, 0.25) is 0 Å². The predicted octanol–water partition coefficient (Wildman–Crippen LogP) is 3.37. The number of hydrogen-bond acceptors (Lipinski definition) is 5. The van der Waals surface area contributed by atoms with Crippen molar-refractivity contribution in [3.8, 4) is 11.3 Å². The zero-order valence-corrected chi connectivity index (χ0v) is 16.0. The molecule has 0 aliphatic rings. The molecule has 0 spiro atoms. The predicted molar refractivity (Wildman–Crippen MR) is 106 cm³/mol. The maximum absolute atomic E-state index is 12.5. The molecule has 0 saturated carbocycles. The minimum Gasteiger partial charge on any atom is -0.465 e. The first-order valence-corrected chi connectivity index (χ1v) is 8.98. The van der Waals surface area contributed by atoms with Gasteiger partial charge < -0.3 is 14.5 Å². The van der Waals surface area contributed by atoms with E-state index in [9.17, 15) is 14.4 Å². The van der Waals surface area contributed by atoms with Gasteiger partial charge in [0.2, 0.25) is 0 Å². The van der Waals surface area contributed by atoms with Gasteiger partial charge in [0.05, 0.1) is 12.0 Å². The molecule has 0 aliphatic carbocycles. The Morgan fingerprint density at radius 3 is 2.46 bits per heavy atom.